The fourth-order valence-electron chi connectivity index (χ4n) is 3.68. The van der Waals surface area contributed by atoms with Gasteiger partial charge in [-0.15, -0.1) is 0 Å². The second-order valence-corrected chi connectivity index (χ2v) is 10.9. The van der Waals surface area contributed by atoms with Crippen LogP contribution in [0.25, 0.3) is 0 Å². The standard InChI is InChI=1S/C23H29BrN2O4S/c1-4-18-14-19(24)13-17(3)23(18)25-22(27)15-30-20-5-7-21(8-6-20)31(28,29)26-11-9-16(2)10-12-26/h5-8,13-14,16H,4,9-12,15H2,1-3H3,(H,25,27). The number of carbonyl (C=O) groups is 1. The molecule has 1 aliphatic heterocycles. The molecule has 0 unspecified atom stereocenters. The highest BCUT2D eigenvalue weighted by molar-refractivity contribution is 9.10. The molecule has 1 amide bonds. The third-order valence-corrected chi connectivity index (χ3v) is 7.97. The van der Waals surface area contributed by atoms with Gasteiger partial charge in [0, 0.05) is 23.2 Å². The quantitative estimate of drug-likeness (QED) is 0.584. The van der Waals surface area contributed by atoms with E-state index in [1.807, 2.05) is 26.0 Å². The molecular weight excluding hydrogens is 480 g/mol. The van der Waals surface area contributed by atoms with Gasteiger partial charge in [0.15, 0.2) is 6.61 Å². The summed E-state index contributed by atoms with van der Waals surface area (Å²) in [5.74, 6) is 0.742. The summed E-state index contributed by atoms with van der Waals surface area (Å²) in [5.41, 5.74) is 2.82. The molecule has 3 rings (SSSR count). The van der Waals surface area contributed by atoms with Gasteiger partial charge in [0.05, 0.1) is 4.90 Å². The van der Waals surface area contributed by atoms with Crippen LogP contribution < -0.4 is 10.1 Å². The molecule has 8 heteroatoms. The van der Waals surface area contributed by atoms with E-state index in [9.17, 15) is 13.2 Å². The van der Waals surface area contributed by atoms with Crippen LogP contribution in [0.15, 0.2) is 45.8 Å². The number of hydrogen-bond donors (Lipinski definition) is 1. The van der Waals surface area contributed by atoms with Crippen molar-refractivity contribution in [1.82, 2.24) is 4.31 Å². The number of nitrogens with one attached hydrogen (secondary N) is 1. The average Bonchev–Trinajstić information content (AvgIpc) is 2.74. The fraction of sp³-hybridized carbons (Fsp3) is 0.435. The maximum absolute atomic E-state index is 12.8. The molecule has 1 aliphatic rings. The van der Waals surface area contributed by atoms with E-state index in [2.05, 4.69) is 28.2 Å². The lowest BCUT2D eigenvalue weighted by molar-refractivity contribution is -0.118. The van der Waals surface area contributed by atoms with Crippen LogP contribution >= 0.6 is 15.9 Å². The summed E-state index contributed by atoms with van der Waals surface area (Å²) in [5, 5.41) is 2.92. The first-order valence-electron chi connectivity index (χ1n) is 10.5. The number of piperidine rings is 1. The molecule has 6 nitrogen and oxygen atoms in total. The van der Waals surface area contributed by atoms with E-state index in [0.717, 1.165) is 40.5 Å². The first-order chi connectivity index (χ1) is 14.7. The smallest absolute Gasteiger partial charge is 0.262 e. The maximum atomic E-state index is 12.8. The largest absolute Gasteiger partial charge is 0.484 e. The van der Waals surface area contributed by atoms with Crippen molar-refractivity contribution in [3.8, 4) is 5.75 Å². The van der Waals surface area contributed by atoms with Gasteiger partial charge in [-0.3, -0.25) is 4.79 Å². The Morgan fingerprint density at radius 1 is 1.19 bits per heavy atom. The van der Waals surface area contributed by atoms with Crippen molar-refractivity contribution in [3.63, 3.8) is 0 Å². The molecule has 0 saturated carbocycles. The van der Waals surface area contributed by atoms with Gasteiger partial charge in [0.2, 0.25) is 10.0 Å². The van der Waals surface area contributed by atoms with Crippen LogP contribution in [-0.2, 0) is 21.2 Å². The molecule has 0 bridgehead atoms. The maximum Gasteiger partial charge on any atom is 0.262 e. The number of carbonyl (C=O) groups excluding carboxylic acids is 1. The summed E-state index contributed by atoms with van der Waals surface area (Å²) < 4.78 is 33.7. The molecule has 0 aromatic heterocycles. The number of nitrogens with zero attached hydrogens (tertiary/aromatic N) is 1. The van der Waals surface area contributed by atoms with E-state index >= 15 is 0 Å². The number of amides is 1. The van der Waals surface area contributed by atoms with E-state index < -0.39 is 10.0 Å². The van der Waals surface area contributed by atoms with Gasteiger partial charge in [-0.2, -0.15) is 4.31 Å². The minimum atomic E-state index is -3.50. The highest BCUT2D eigenvalue weighted by atomic mass is 79.9. The first kappa shape index (κ1) is 23.8. The van der Waals surface area contributed by atoms with Crippen LogP contribution in [0.1, 0.15) is 37.8 Å². The molecule has 1 fully saturated rings. The van der Waals surface area contributed by atoms with Crippen LogP contribution in [0.2, 0.25) is 0 Å². The zero-order valence-electron chi connectivity index (χ0n) is 18.2. The monoisotopic (exact) mass is 508 g/mol. The molecule has 1 saturated heterocycles. The molecule has 0 aliphatic carbocycles. The molecule has 0 atom stereocenters. The number of rotatable bonds is 7. The van der Waals surface area contributed by atoms with Gasteiger partial charge in [-0.25, -0.2) is 8.42 Å². The Morgan fingerprint density at radius 3 is 2.45 bits per heavy atom. The van der Waals surface area contributed by atoms with Gasteiger partial charge in [-0.05, 0) is 79.6 Å². The lowest BCUT2D eigenvalue weighted by atomic mass is 10.0. The van der Waals surface area contributed by atoms with Crippen LogP contribution in [0.5, 0.6) is 5.75 Å². The zero-order valence-corrected chi connectivity index (χ0v) is 20.6. The number of sulfonamides is 1. The van der Waals surface area contributed by atoms with Gasteiger partial charge < -0.3 is 10.1 Å². The van der Waals surface area contributed by atoms with Crippen molar-refractivity contribution in [1.29, 1.82) is 0 Å². The second-order valence-electron chi connectivity index (χ2n) is 8.01. The number of ether oxygens (including phenoxy) is 1. The lowest BCUT2D eigenvalue weighted by Crippen LogP contribution is -2.37. The molecule has 2 aromatic rings. The summed E-state index contributed by atoms with van der Waals surface area (Å²) in [6.07, 6.45) is 2.56. The van der Waals surface area contributed by atoms with Crippen molar-refractivity contribution in [3.05, 3.63) is 52.0 Å². The zero-order chi connectivity index (χ0) is 22.6. The molecule has 2 aromatic carbocycles. The van der Waals surface area contributed by atoms with Gasteiger partial charge in [0.25, 0.3) is 5.91 Å². The Labute approximate surface area is 193 Å². The van der Waals surface area contributed by atoms with Gasteiger partial charge >= 0.3 is 0 Å². The van der Waals surface area contributed by atoms with Crippen LogP contribution in [0, 0.1) is 12.8 Å². The fourth-order valence-corrected chi connectivity index (χ4v) is 5.77. The topological polar surface area (TPSA) is 75.7 Å². The van der Waals surface area contributed by atoms with Crippen molar-refractivity contribution < 1.29 is 17.9 Å². The highest BCUT2D eigenvalue weighted by Gasteiger charge is 2.28. The Bertz CT molecular complexity index is 1030. The number of anilines is 1. The highest BCUT2D eigenvalue weighted by Crippen LogP contribution is 2.27. The molecule has 1 heterocycles. The molecular formula is C23H29BrN2O4S. The Morgan fingerprint density at radius 2 is 1.84 bits per heavy atom. The number of halogens is 1. The third kappa shape index (κ3) is 5.87. The Hall–Kier alpha value is -1.90. The summed E-state index contributed by atoms with van der Waals surface area (Å²) in [4.78, 5) is 12.6. The summed E-state index contributed by atoms with van der Waals surface area (Å²) in [6, 6.07) is 10.2. The van der Waals surface area contributed by atoms with Gasteiger partial charge in [-0.1, -0.05) is 29.8 Å². The minimum Gasteiger partial charge on any atom is -0.484 e. The predicted octanol–water partition coefficient (Wildman–Crippen LogP) is 4.76. The van der Waals surface area contributed by atoms with E-state index in [-0.39, 0.29) is 17.4 Å². The molecule has 1 N–H and O–H groups in total. The SMILES string of the molecule is CCc1cc(Br)cc(C)c1NC(=O)COc1ccc(S(=O)(=O)N2CCC(C)CC2)cc1. The van der Waals surface area contributed by atoms with Crippen molar-refractivity contribution in [2.45, 2.75) is 44.9 Å². The van der Waals surface area contributed by atoms with Crippen molar-refractivity contribution in [2.75, 3.05) is 25.0 Å². The van der Waals surface area contributed by atoms with Crippen molar-refractivity contribution in [2.24, 2.45) is 5.92 Å². The van der Waals surface area contributed by atoms with E-state index in [1.54, 1.807) is 16.4 Å². The average molecular weight is 509 g/mol. The molecule has 31 heavy (non-hydrogen) atoms. The molecule has 0 radical (unpaired) electrons. The minimum absolute atomic E-state index is 0.158. The summed E-state index contributed by atoms with van der Waals surface area (Å²) in [7, 11) is -3.50. The molecule has 0 spiro atoms. The number of hydrogen-bond acceptors (Lipinski definition) is 4. The Kier molecular flexibility index (Phi) is 7.78. The lowest BCUT2D eigenvalue weighted by Gasteiger charge is -2.29. The number of benzene rings is 2. The predicted molar refractivity (Wildman–Crippen MR) is 126 cm³/mol. The van der Waals surface area contributed by atoms with E-state index in [1.165, 1.54) is 12.1 Å². The summed E-state index contributed by atoms with van der Waals surface area (Å²) in [6.45, 7) is 7.08. The van der Waals surface area contributed by atoms with E-state index in [0.29, 0.717) is 24.8 Å². The molecule has 168 valence electrons. The van der Waals surface area contributed by atoms with Crippen molar-refractivity contribution >= 4 is 37.5 Å². The summed E-state index contributed by atoms with van der Waals surface area (Å²) >= 11 is 3.48. The van der Waals surface area contributed by atoms with E-state index in [4.69, 9.17) is 4.74 Å². The first-order valence-corrected chi connectivity index (χ1v) is 12.8. The second kappa shape index (κ2) is 10.1. The van der Waals surface area contributed by atoms with Crippen LogP contribution in [-0.4, -0.2) is 38.3 Å². The third-order valence-electron chi connectivity index (χ3n) is 5.60. The number of aryl methyl sites for hydroxylation is 2. The Balaban J connectivity index is 1.60. The van der Waals surface area contributed by atoms with Gasteiger partial charge in [0.1, 0.15) is 5.75 Å². The van der Waals surface area contributed by atoms with Crippen LogP contribution in [0.4, 0.5) is 5.69 Å². The van der Waals surface area contributed by atoms with Crippen LogP contribution in [0.3, 0.4) is 0 Å². The normalized spacial score (nSPS) is 15.6.